The molecule has 8 heteroatoms. The third-order valence-electron chi connectivity index (χ3n) is 4.70. The van der Waals surface area contributed by atoms with Gasteiger partial charge in [0.2, 0.25) is 0 Å². The first kappa shape index (κ1) is 24.3. The number of methoxy groups -OCH3 is 1. The number of ether oxygens (including phenoxy) is 3. The van der Waals surface area contributed by atoms with E-state index in [2.05, 4.69) is 13.0 Å². The van der Waals surface area contributed by atoms with E-state index in [0.29, 0.717) is 19.4 Å². The first-order valence-corrected chi connectivity index (χ1v) is 11.3. The van der Waals surface area contributed by atoms with Crippen LogP contribution in [0.1, 0.15) is 58.3 Å². The van der Waals surface area contributed by atoms with Gasteiger partial charge < -0.3 is 23.3 Å². The molecule has 2 atom stereocenters. The molecule has 0 saturated carbocycles. The van der Waals surface area contributed by atoms with Crippen molar-refractivity contribution < 1.29 is 32.6 Å². The summed E-state index contributed by atoms with van der Waals surface area (Å²) in [7, 11) is 0.329. The Balaban J connectivity index is 2.30. The van der Waals surface area contributed by atoms with Gasteiger partial charge in [0.05, 0.1) is 7.11 Å². The van der Waals surface area contributed by atoms with Gasteiger partial charge in [0.25, 0.3) is 0 Å². The van der Waals surface area contributed by atoms with E-state index >= 15 is 0 Å². The minimum atomic E-state index is -3.50. The Hall–Kier alpha value is -0.720. The molecule has 1 saturated heterocycles. The Kier molecular flexibility index (Phi) is 12.1. The van der Waals surface area contributed by atoms with Gasteiger partial charge in [-0.05, 0) is 58.3 Å². The predicted octanol–water partition coefficient (Wildman–Crippen LogP) is 4.45. The van der Waals surface area contributed by atoms with E-state index in [1.807, 2.05) is 0 Å². The smallest absolute Gasteiger partial charge is 0.344 e. The van der Waals surface area contributed by atoms with Gasteiger partial charge in [-0.1, -0.05) is 11.6 Å². The number of hydrogen-bond donors (Lipinski definition) is 0. The molecule has 1 aliphatic heterocycles. The van der Waals surface area contributed by atoms with Crippen molar-refractivity contribution in [2.75, 3.05) is 34.5 Å². The number of hydrogen-bond acceptors (Lipinski definition) is 7. The molecule has 1 fully saturated rings. The van der Waals surface area contributed by atoms with Crippen molar-refractivity contribution in [3.05, 3.63) is 11.6 Å². The summed E-state index contributed by atoms with van der Waals surface area (Å²) in [6.45, 7) is 3.58. The lowest BCUT2D eigenvalue weighted by Crippen LogP contribution is -2.24. The molecule has 0 aliphatic carbocycles. The van der Waals surface area contributed by atoms with E-state index in [0.717, 1.165) is 38.7 Å². The molecule has 1 rings (SSSR count). The molecule has 7 nitrogen and oxygen atoms in total. The van der Waals surface area contributed by atoms with Crippen molar-refractivity contribution in [3.63, 3.8) is 0 Å². The van der Waals surface area contributed by atoms with Crippen molar-refractivity contribution in [1.82, 2.24) is 0 Å². The molecule has 158 valence electrons. The highest BCUT2D eigenvalue weighted by atomic mass is 31.2. The molecule has 0 aromatic heterocycles. The largest absolute Gasteiger partial charge is 0.468 e. The van der Waals surface area contributed by atoms with E-state index in [1.54, 1.807) is 0 Å². The zero-order chi connectivity index (χ0) is 20.1. The Morgan fingerprint density at radius 1 is 1.22 bits per heavy atom. The molecule has 0 aromatic carbocycles. The number of allylic oxidation sites excluding steroid dienone is 2. The molecule has 0 bridgehead atoms. The van der Waals surface area contributed by atoms with Crippen molar-refractivity contribution in [2.45, 2.75) is 70.2 Å². The molecule has 1 heterocycles. The molecule has 0 amide bonds. The minimum absolute atomic E-state index is 0.0251. The average molecular weight is 406 g/mol. The van der Waals surface area contributed by atoms with Crippen LogP contribution in [0.2, 0.25) is 0 Å². The molecule has 0 N–H and O–H groups in total. The lowest BCUT2D eigenvalue weighted by atomic mass is 10.1. The molecule has 0 radical (unpaired) electrons. The summed E-state index contributed by atoms with van der Waals surface area (Å²) in [5.74, 6) is -0.574. The van der Waals surface area contributed by atoms with Gasteiger partial charge in [0.15, 0.2) is 11.9 Å². The van der Waals surface area contributed by atoms with Crippen molar-refractivity contribution in [2.24, 2.45) is 0 Å². The molecular weight excluding hydrogens is 371 g/mol. The summed E-state index contributed by atoms with van der Waals surface area (Å²) in [6, 6.07) is 0. The van der Waals surface area contributed by atoms with Crippen LogP contribution < -0.4 is 0 Å². The standard InChI is InChI=1S/C19H35O7P/c1-16(10-5-7-14-25-18-13-6-8-15-26-18)11-9-12-17(19(20)22-2)27(21,23-3)24-4/h11,17-18H,5-10,12-15H2,1-4H3/b16-11+. The van der Waals surface area contributed by atoms with Gasteiger partial charge in [-0.2, -0.15) is 0 Å². The maximum Gasteiger partial charge on any atom is 0.344 e. The number of rotatable bonds is 13. The van der Waals surface area contributed by atoms with E-state index < -0.39 is 19.2 Å². The average Bonchev–Trinajstić information content (AvgIpc) is 2.70. The van der Waals surface area contributed by atoms with Crippen LogP contribution in [-0.2, 0) is 32.6 Å². The molecule has 1 aliphatic rings. The van der Waals surface area contributed by atoms with Crippen LogP contribution in [0.4, 0.5) is 0 Å². The van der Waals surface area contributed by atoms with E-state index in [4.69, 9.17) is 23.3 Å². The van der Waals surface area contributed by atoms with Crippen LogP contribution in [0, 0.1) is 0 Å². The molecule has 0 spiro atoms. The number of unbranched alkanes of at least 4 members (excludes halogenated alkanes) is 1. The molecule has 2 unspecified atom stereocenters. The Morgan fingerprint density at radius 2 is 1.96 bits per heavy atom. The summed E-state index contributed by atoms with van der Waals surface area (Å²) in [5, 5.41) is 0. The van der Waals surface area contributed by atoms with Gasteiger partial charge in [-0.25, -0.2) is 0 Å². The van der Waals surface area contributed by atoms with Crippen molar-refractivity contribution >= 4 is 13.6 Å². The monoisotopic (exact) mass is 406 g/mol. The highest BCUT2D eigenvalue weighted by Gasteiger charge is 2.40. The highest BCUT2D eigenvalue weighted by molar-refractivity contribution is 7.55. The molecule has 0 aromatic rings. The first-order valence-electron chi connectivity index (χ1n) is 9.64. The topological polar surface area (TPSA) is 80.3 Å². The third-order valence-corrected chi connectivity index (χ3v) is 6.95. The maximum absolute atomic E-state index is 12.5. The van der Waals surface area contributed by atoms with Crippen LogP contribution in [-0.4, -0.2) is 52.5 Å². The van der Waals surface area contributed by atoms with Gasteiger partial charge in [0.1, 0.15) is 0 Å². The normalized spacial score (nSPS) is 19.7. The number of carbonyl (C=O) groups excluding carboxylic acids is 1. The lowest BCUT2D eigenvalue weighted by molar-refractivity contribution is -0.162. The fraction of sp³-hybridized carbons (Fsp3) is 0.842. The summed E-state index contributed by atoms with van der Waals surface area (Å²) >= 11 is 0. The van der Waals surface area contributed by atoms with Gasteiger partial charge >= 0.3 is 13.6 Å². The molecule has 27 heavy (non-hydrogen) atoms. The Morgan fingerprint density at radius 3 is 2.56 bits per heavy atom. The first-order chi connectivity index (χ1) is 13.0. The number of esters is 1. The van der Waals surface area contributed by atoms with Crippen LogP contribution in [0.25, 0.3) is 0 Å². The second-order valence-electron chi connectivity index (χ2n) is 6.70. The van der Waals surface area contributed by atoms with Gasteiger partial charge in [-0.3, -0.25) is 9.36 Å². The van der Waals surface area contributed by atoms with Crippen molar-refractivity contribution in [1.29, 1.82) is 0 Å². The Bertz CT molecular complexity index is 492. The summed E-state index contributed by atoms with van der Waals surface area (Å²) in [6.07, 6.45) is 9.28. The lowest BCUT2D eigenvalue weighted by Gasteiger charge is -2.22. The van der Waals surface area contributed by atoms with Crippen LogP contribution in [0.5, 0.6) is 0 Å². The fourth-order valence-electron chi connectivity index (χ4n) is 3.02. The van der Waals surface area contributed by atoms with Crippen LogP contribution in [0.15, 0.2) is 11.6 Å². The Labute approximate surface area is 163 Å². The van der Waals surface area contributed by atoms with Crippen molar-refractivity contribution in [3.8, 4) is 0 Å². The fourth-order valence-corrected chi connectivity index (χ4v) is 4.51. The van der Waals surface area contributed by atoms with E-state index in [-0.39, 0.29) is 6.29 Å². The quantitative estimate of drug-likeness (QED) is 0.193. The molecular formula is C19H35O7P. The van der Waals surface area contributed by atoms with Crippen LogP contribution in [0.3, 0.4) is 0 Å². The van der Waals surface area contributed by atoms with E-state index in [9.17, 15) is 9.36 Å². The SMILES string of the molecule is COC(=O)C(CC/C=C(\C)CCCCOC1CCCCO1)P(=O)(OC)OC. The summed E-state index contributed by atoms with van der Waals surface area (Å²) in [5.41, 5.74) is 0.322. The van der Waals surface area contributed by atoms with Crippen LogP contribution >= 0.6 is 7.60 Å². The summed E-state index contributed by atoms with van der Waals surface area (Å²) in [4.78, 5) is 11.9. The van der Waals surface area contributed by atoms with E-state index in [1.165, 1.54) is 33.3 Å². The second-order valence-corrected chi connectivity index (χ2v) is 9.13. The summed E-state index contributed by atoms with van der Waals surface area (Å²) < 4.78 is 38.4. The van der Waals surface area contributed by atoms with Gasteiger partial charge in [0, 0.05) is 27.4 Å². The maximum atomic E-state index is 12.5. The number of carbonyl (C=O) groups is 1. The predicted molar refractivity (Wildman–Crippen MR) is 104 cm³/mol. The zero-order valence-corrected chi connectivity index (χ0v) is 18.0. The van der Waals surface area contributed by atoms with Gasteiger partial charge in [-0.15, -0.1) is 0 Å². The second kappa shape index (κ2) is 13.5. The third kappa shape index (κ3) is 8.88. The minimum Gasteiger partial charge on any atom is -0.468 e. The highest BCUT2D eigenvalue weighted by Crippen LogP contribution is 2.53. The zero-order valence-electron chi connectivity index (χ0n) is 17.1.